The number of hydrogen-bond donors (Lipinski definition) is 0. The summed E-state index contributed by atoms with van der Waals surface area (Å²) in [6.07, 6.45) is -4.61. The number of alkyl halides is 4. The molecule has 1 rings (SSSR count). The van der Waals surface area contributed by atoms with Gasteiger partial charge in [0.1, 0.15) is 6.67 Å². The summed E-state index contributed by atoms with van der Waals surface area (Å²) in [5.74, 6) is 0. The maximum atomic E-state index is 13.2. The topological polar surface area (TPSA) is 46.5 Å². The van der Waals surface area contributed by atoms with Crippen molar-refractivity contribution in [2.75, 3.05) is 6.67 Å². The quantitative estimate of drug-likeness (QED) is 0.619. The average Bonchev–Trinajstić information content (AvgIpc) is 2.33. The molecular formula is C14H17F4NO2S. The van der Waals surface area contributed by atoms with Crippen LogP contribution in [0.4, 0.5) is 17.6 Å². The standard InChI is InChI=1S/C14H17F4NO2S/c1-9-10(6-5-7-11(9)14(16,17)18)12(8-15)19-22(20,21)13(2,3)4/h5-7H,8H2,1-4H3. The van der Waals surface area contributed by atoms with Crippen molar-refractivity contribution in [3.8, 4) is 0 Å². The Morgan fingerprint density at radius 3 is 2.14 bits per heavy atom. The van der Waals surface area contributed by atoms with E-state index in [0.717, 1.165) is 19.1 Å². The van der Waals surface area contributed by atoms with Gasteiger partial charge < -0.3 is 0 Å². The van der Waals surface area contributed by atoms with Gasteiger partial charge in [-0.3, -0.25) is 0 Å². The lowest BCUT2D eigenvalue weighted by Gasteiger charge is -2.18. The van der Waals surface area contributed by atoms with E-state index in [0.29, 0.717) is 0 Å². The van der Waals surface area contributed by atoms with Crippen LogP contribution in [-0.4, -0.2) is 25.6 Å². The average molecular weight is 339 g/mol. The van der Waals surface area contributed by atoms with Crippen molar-refractivity contribution in [2.24, 2.45) is 4.40 Å². The molecule has 0 aliphatic carbocycles. The molecule has 0 bridgehead atoms. The Balaban J connectivity index is 3.53. The van der Waals surface area contributed by atoms with Gasteiger partial charge in [0.25, 0.3) is 10.0 Å². The Kier molecular flexibility index (Phi) is 5.06. The monoisotopic (exact) mass is 339 g/mol. The molecule has 0 saturated heterocycles. The lowest BCUT2D eigenvalue weighted by atomic mass is 9.99. The third-order valence-electron chi connectivity index (χ3n) is 3.08. The predicted molar refractivity (Wildman–Crippen MR) is 77.4 cm³/mol. The Bertz CT molecular complexity index is 686. The lowest BCUT2D eigenvalue weighted by Crippen LogP contribution is -2.27. The molecule has 0 N–H and O–H groups in total. The first-order valence-electron chi connectivity index (χ1n) is 6.38. The fourth-order valence-electron chi connectivity index (χ4n) is 1.68. The number of hydrogen-bond acceptors (Lipinski definition) is 2. The molecule has 0 amide bonds. The van der Waals surface area contributed by atoms with Crippen molar-refractivity contribution in [2.45, 2.75) is 38.6 Å². The molecule has 0 heterocycles. The third kappa shape index (κ3) is 3.85. The third-order valence-corrected chi connectivity index (χ3v) is 5.09. The number of rotatable bonds is 3. The van der Waals surface area contributed by atoms with E-state index in [1.54, 1.807) is 0 Å². The molecule has 0 saturated carbocycles. The van der Waals surface area contributed by atoms with Crippen LogP contribution in [0.2, 0.25) is 0 Å². The van der Waals surface area contributed by atoms with Crippen molar-refractivity contribution in [1.82, 2.24) is 0 Å². The Morgan fingerprint density at radius 2 is 1.73 bits per heavy atom. The van der Waals surface area contributed by atoms with Crippen molar-refractivity contribution in [3.05, 3.63) is 34.9 Å². The molecule has 0 fully saturated rings. The SMILES string of the molecule is Cc1c(C(CF)=NS(=O)(=O)C(C)(C)C)cccc1C(F)(F)F. The first-order chi connectivity index (χ1) is 9.81. The number of halogens is 4. The van der Waals surface area contributed by atoms with Crippen LogP contribution in [0.15, 0.2) is 22.6 Å². The summed E-state index contributed by atoms with van der Waals surface area (Å²) in [5, 5.41) is 0. The van der Waals surface area contributed by atoms with Gasteiger partial charge in [-0.05, 0) is 39.3 Å². The molecule has 3 nitrogen and oxygen atoms in total. The fourth-order valence-corrected chi connectivity index (χ4v) is 2.39. The van der Waals surface area contributed by atoms with Crippen LogP contribution in [0.1, 0.15) is 37.5 Å². The fraction of sp³-hybridized carbons (Fsp3) is 0.500. The zero-order valence-electron chi connectivity index (χ0n) is 12.6. The second-order valence-corrected chi connectivity index (χ2v) is 8.09. The van der Waals surface area contributed by atoms with Crippen molar-refractivity contribution >= 4 is 15.7 Å². The number of nitrogens with zero attached hydrogens (tertiary/aromatic N) is 1. The molecular weight excluding hydrogens is 322 g/mol. The Morgan fingerprint density at radius 1 is 1.18 bits per heavy atom. The summed E-state index contributed by atoms with van der Waals surface area (Å²) in [6.45, 7) is 4.01. The number of benzene rings is 1. The highest BCUT2D eigenvalue weighted by atomic mass is 32.2. The molecule has 1 aromatic carbocycles. The van der Waals surface area contributed by atoms with Crippen LogP contribution in [-0.2, 0) is 16.2 Å². The lowest BCUT2D eigenvalue weighted by molar-refractivity contribution is -0.138. The zero-order valence-corrected chi connectivity index (χ0v) is 13.4. The summed E-state index contributed by atoms with van der Waals surface area (Å²) in [6, 6.07) is 3.17. The van der Waals surface area contributed by atoms with Gasteiger partial charge in [-0.25, -0.2) is 12.8 Å². The van der Waals surface area contributed by atoms with Crippen molar-refractivity contribution in [3.63, 3.8) is 0 Å². The normalized spacial score (nSPS) is 14.3. The minimum absolute atomic E-state index is 0.162. The molecule has 22 heavy (non-hydrogen) atoms. The van der Waals surface area contributed by atoms with Crippen LogP contribution in [0, 0.1) is 6.92 Å². The Hall–Kier alpha value is -1.44. The van der Waals surface area contributed by atoms with Crippen molar-refractivity contribution < 1.29 is 26.0 Å². The van der Waals surface area contributed by atoms with E-state index in [4.69, 9.17) is 0 Å². The molecule has 0 aliphatic heterocycles. The van der Waals surface area contributed by atoms with Gasteiger partial charge in [0.05, 0.1) is 16.0 Å². The van der Waals surface area contributed by atoms with Crippen molar-refractivity contribution in [1.29, 1.82) is 0 Å². The minimum atomic E-state index is -4.61. The van der Waals surface area contributed by atoms with Gasteiger partial charge in [0, 0.05) is 5.56 Å². The van der Waals surface area contributed by atoms with E-state index in [9.17, 15) is 26.0 Å². The minimum Gasteiger partial charge on any atom is -0.244 e. The maximum absolute atomic E-state index is 13.2. The number of sulfonamides is 1. The van der Waals surface area contributed by atoms with Gasteiger partial charge in [-0.2, -0.15) is 17.6 Å². The van der Waals surface area contributed by atoms with E-state index in [1.807, 2.05) is 0 Å². The van der Waals surface area contributed by atoms with Crippen LogP contribution in [0.3, 0.4) is 0 Å². The van der Waals surface area contributed by atoms with E-state index in [-0.39, 0.29) is 11.1 Å². The highest BCUT2D eigenvalue weighted by Gasteiger charge is 2.34. The van der Waals surface area contributed by atoms with E-state index in [1.165, 1.54) is 26.8 Å². The van der Waals surface area contributed by atoms with Crippen LogP contribution in [0.25, 0.3) is 0 Å². The summed E-state index contributed by atoms with van der Waals surface area (Å²) in [5.41, 5.74) is -1.89. The molecule has 0 aromatic heterocycles. The summed E-state index contributed by atoms with van der Waals surface area (Å²) >= 11 is 0. The second kappa shape index (κ2) is 5.98. The predicted octanol–water partition coefficient (Wildman–Crippen LogP) is 3.90. The van der Waals surface area contributed by atoms with Gasteiger partial charge >= 0.3 is 6.18 Å². The van der Waals surface area contributed by atoms with Gasteiger partial charge in [0.2, 0.25) is 0 Å². The maximum Gasteiger partial charge on any atom is 0.416 e. The van der Waals surface area contributed by atoms with Gasteiger partial charge in [-0.15, -0.1) is 0 Å². The molecule has 0 aliphatic rings. The van der Waals surface area contributed by atoms with E-state index < -0.39 is 38.9 Å². The second-order valence-electron chi connectivity index (χ2n) is 5.73. The van der Waals surface area contributed by atoms with Gasteiger partial charge in [0.15, 0.2) is 0 Å². The molecule has 1 aromatic rings. The Labute approximate surface area is 127 Å². The molecule has 0 spiro atoms. The highest BCUT2D eigenvalue weighted by molar-refractivity contribution is 7.91. The van der Waals surface area contributed by atoms with Crippen LogP contribution < -0.4 is 0 Å². The smallest absolute Gasteiger partial charge is 0.244 e. The molecule has 8 heteroatoms. The van der Waals surface area contributed by atoms with E-state index in [2.05, 4.69) is 4.40 Å². The molecule has 0 unspecified atom stereocenters. The van der Waals surface area contributed by atoms with Crippen LogP contribution in [0.5, 0.6) is 0 Å². The highest BCUT2D eigenvalue weighted by Crippen LogP contribution is 2.33. The van der Waals surface area contributed by atoms with E-state index >= 15 is 0 Å². The zero-order chi connectivity index (χ0) is 17.3. The first-order valence-corrected chi connectivity index (χ1v) is 7.82. The largest absolute Gasteiger partial charge is 0.416 e. The molecule has 0 atom stereocenters. The summed E-state index contributed by atoms with van der Waals surface area (Å²) < 4.78 is 78.0. The molecule has 124 valence electrons. The van der Waals surface area contributed by atoms with Crippen LogP contribution >= 0.6 is 0 Å². The summed E-state index contributed by atoms with van der Waals surface area (Å²) in [7, 11) is -4.06. The molecule has 0 radical (unpaired) electrons. The summed E-state index contributed by atoms with van der Waals surface area (Å²) in [4.78, 5) is 0. The first kappa shape index (κ1) is 18.6. The van der Waals surface area contributed by atoms with Gasteiger partial charge in [-0.1, -0.05) is 12.1 Å².